The summed E-state index contributed by atoms with van der Waals surface area (Å²) in [7, 11) is 0. The average Bonchev–Trinajstić information content (AvgIpc) is 3.32. The molecular weight excluding hydrogens is 348 g/mol. The van der Waals surface area contributed by atoms with Gasteiger partial charge in [-0.15, -0.1) is 0 Å². The standard InChI is InChI=1S/C23H26N4O/c1-13(18-11-26-22-21(18)17(4-5-25-22)14-2-3-14)6-20(28)27-16-7-15-8-23(9-16,12-24)10-19(15)27/h4-5,11,13-16,19H,2-3,6-10H2,1H3,(H,25,26). The molecular formula is C23H26N4O. The second kappa shape index (κ2) is 5.59. The summed E-state index contributed by atoms with van der Waals surface area (Å²) in [5.74, 6) is 1.67. The van der Waals surface area contributed by atoms with Gasteiger partial charge in [-0.05, 0) is 73.5 Å². The number of piperidine rings is 1. The van der Waals surface area contributed by atoms with Crippen LogP contribution in [0.15, 0.2) is 18.5 Å². The number of carbonyl (C=O) groups is 1. The average molecular weight is 374 g/mol. The Morgan fingerprint density at radius 3 is 3.04 bits per heavy atom. The van der Waals surface area contributed by atoms with E-state index >= 15 is 0 Å². The van der Waals surface area contributed by atoms with Gasteiger partial charge in [-0.2, -0.15) is 5.26 Å². The second-order valence-electron chi connectivity index (χ2n) is 9.77. The zero-order chi connectivity index (χ0) is 19.0. The lowest BCUT2D eigenvalue weighted by Crippen LogP contribution is -2.47. The third-order valence-electron chi connectivity index (χ3n) is 7.94. The topological polar surface area (TPSA) is 72.8 Å². The minimum absolute atomic E-state index is 0.137. The van der Waals surface area contributed by atoms with Crippen molar-refractivity contribution in [2.45, 2.75) is 75.8 Å². The lowest BCUT2D eigenvalue weighted by atomic mass is 9.74. The number of aromatic nitrogens is 2. The molecule has 2 saturated heterocycles. The van der Waals surface area contributed by atoms with Crippen LogP contribution in [0.25, 0.3) is 11.0 Å². The van der Waals surface area contributed by atoms with Crippen LogP contribution in [0.4, 0.5) is 0 Å². The van der Waals surface area contributed by atoms with Crippen molar-refractivity contribution in [3.05, 3.63) is 29.6 Å². The van der Waals surface area contributed by atoms with Crippen molar-refractivity contribution in [1.29, 1.82) is 5.26 Å². The van der Waals surface area contributed by atoms with Crippen molar-refractivity contribution in [3.8, 4) is 6.07 Å². The number of nitrogens with zero attached hydrogens (tertiary/aromatic N) is 3. The van der Waals surface area contributed by atoms with E-state index in [9.17, 15) is 10.1 Å². The van der Waals surface area contributed by atoms with Gasteiger partial charge in [0.15, 0.2) is 0 Å². The van der Waals surface area contributed by atoms with E-state index in [1.165, 1.54) is 29.4 Å². The maximum Gasteiger partial charge on any atom is 0.223 e. The molecule has 5 unspecified atom stereocenters. The zero-order valence-corrected chi connectivity index (χ0v) is 16.3. The summed E-state index contributed by atoms with van der Waals surface area (Å²) in [5, 5.41) is 10.9. The molecule has 5 heteroatoms. The number of amides is 1. The maximum absolute atomic E-state index is 13.3. The van der Waals surface area contributed by atoms with E-state index in [1.807, 2.05) is 6.20 Å². The number of fused-ring (bicyclic) bond motifs is 1. The third-order valence-corrected chi connectivity index (χ3v) is 7.94. The van der Waals surface area contributed by atoms with Gasteiger partial charge in [0.2, 0.25) is 5.91 Å². The first kappa shape index (κ1) is 16.6. The van der Waals surface area contributed by atoms with Crippen molar-refractivity contribution in [3.63, 3.8) is 0 Å². The van der Waals surface area contributed by atoms with Gasteiger partial charge in [0, 0.05) is 36.3 Å². The van der Waals surface area contributed by atoms with Crippen molar-refractivity contribution in [2.75, 3.05) is 0 Å². The third kappa shape index (κ3) is 2.24. The monoisotopic (exact) mass is 374 g/mol. The molecule has 0 spiro atoms. The Labute approximate surface area is 165 Å². The number of aromatic amines is 1. The fraction of sp³-hybridized carbons (Fsp3) is 0.609. The van der Waals surface area contributed by atoms with Crippen LogP contribution in [0.5, 0.6) is 0 Å². The molecule has 3 aliphatic carbocycles. The van der Waals surface area contributed by atoms with Gasteiger partial charge in [-0.1, -0.05) is 6.92 Å². The van der Waals surface area contributed by atoms with Crippen molar-refractivity contribution in [2.24, 2.45) is 11.3 Å². The fourth-order valence-corrected chi connectivity index (χ4v) is 6.62. The molecule has 0 aromatic carbocycles. The highest BCUT2D eigenvalue weighted by Gasteiger charge is 2.61. The molecule has 2 aliphatic heterocycles. The Kier molecular flexibility index (Phi) is 3.31. The maximum atomic E-state index is 13.3. The van der Waals surface area contributed by atoms with Crippen LogP contribution in [-0.2, 0) is 4.79 Å². The van der Waals surface area contributed by atoms with E-state index in [-0.39, 0.29) is 17.2 Å². The lowest BCUT2D eigenvalue weighted by Gasteiger charge is -2.40. The first-order valence-electron chi connectivity index (χ1n) is 10.8. The molecule has 1 N–H and O–H groups in total. The van der Waals surface area contributed by atoms with Gasteiger partial charge in [0.1, 0.15) is 5.65 Å². The Morgan fingerprint density at radius 2 is 2.29 bits per heavy atom. The first-order chi connectivity index (χ1) is 13.6. The number of carbonyl (C=O) groups excluding carboxylic acids is 1. The van der Waals surface area contributed by atoms with Crippen LogP contribution < -0.4 is 0 Å². The number of nitrogens with one attached hydrogen (secondary N) is 1. The molecule has 1 amide bonds. The Bertz CT molecular complexity index is 1010. The number of rotatable bonds is 4. The molecule has 5 aliphatic rings. The normalized spacial score (nSPS) is 34.1. The van der Waals surface area contributed by atoms with Gasteiger partial charge in [0.05, 0.1) is 11.5 Å². The molecule has 5 nitrogen and oxygen atoms in total. The summed E-state index contributed by atoms with van der Waals surface area (Å²) in [6.45, 7) is 2.17. The van der Waals surface area contributed by atoms with Crippen LogP contribution in [0.2, 0.25) is 0 Å². The molecule has 2 aromatic rings. The summed E-state index contributed by atoms with van der Waals surface area (Å²) < 4.78 is 0. The summed E-state index contributed by atoms with van der Waals surface area (Å²) in [5.41, 5.74) is 3.45. The molecule has 0 radical (unpaired) electrons. The summed E-state index contributed by atoms with van der Waals surface area (Å²) in [6.07, 6.45) is 10.9. The quantitative estimate of drug-likeness (QED) is 0.870. The Balaban J connectivity index is 1.26. The Morgan fingerprint density at radius 1 is 1.43 bits per heavy atom. The van der Waals surface area contributed by atoms with Crippen LogP contribution in [-0.4, -0.2) is 32.9 Å². The van der Waals surface area contributed by atoms with Gasteiger partial charge in [-0.25, -0.2) is 4.98 Å². The molecule has 5 fully saturated rings. The van der Waals surface area contributed by atoms with E-state index in [1.54, 1.807) is 0 Å². The molecule has 28 heavy (non-hydrogen) atoms. The van der Waals surface area contributed by atoms with Crippen molar-refractivity contribution in [1.82, 2.24) is 14.9 Å². The number of pyridine rings is 1. The summed E-state index contributed by atoms with van der Waals surface area (Å²) >= 11 is 0. The Hall–Kier alpha value is -2.35. The molecule has 3 saturated carbocycles. The van der Waals surface area contributed by atoms with Crippen LogP contribution in [0.1, 0.15) is 74.8 Å². The molecule has 7 rings (SSSR count). The van der Waals surface area contributed by atoms with E-state index in [0.29, 0.717) is 30.3 Å². The van der Waals surface area contributed by atoms with E-state index in [4.69, 9.17) is 0 Å². The fourth-order valence-electron chi connectivity index (χ4n) is 6.62. The smallest absolute Gasteiger partial charge is 0.223 e. The van der Waals surface area contributed by atoms with Crippen LogP contribution in [0, 0.1) is 22.7 Å². The van der Waals surface area contributed by atoms with Gasteiger partial charge < -0.3 is 9.88 Å². The second-order valence-corrected chi connectivity index (χ2v) is 9.77. The highest BCUT2D eigenvalue weighted by atomic mass is 16.2. The first-order valence-corrected chi connectivity index (χ1v) is 10.8. The molecule has 4 bridgehead atoms. The van der Waals surface area contributed by atoms with E-state index < -0.39 is 0 Å². The van der Waals surface area contributed by atoms with Crippen molar-refractivity contribution >= 4 is 16.9 Å². The number of hydrogen-bond acceptors (Lipinski definition) is 3. The number of H-pyrrole nitrogens is 1. The molecule has 2 aromatic heterocycles. The van der Waals surface area contributed by atoms with Crippen LogP contribution >= 0.6 is 0 Å². The molecule has 5 atom stereocenters. The summed E-state index contributed by atoms with van der Waals surface area (Å²) in [6, 6.07) is 5.35. The molecule has 4 heterocycles. The van der Waals surface area contributed by atoms with Gasteiger partial charge in [-0.3, -0.25) is 4.79 Å². The lowest BCUT2D eigenvalue weighted by molar-refractivity contribution is -0.136. The summed E-state index contributed by atoms with van der Waals surface area (Å²) in [4.78, 5) is 23.3. The minimum atomic E-state index is -0.137. The predicted molar refractivity (Wildman–Crippen MR) is 106 cm³/mol. The number of nitriles is 1. The van der Waals surface area contributed by atoms with Crippen molar-refractivity contribution < 1.29 is 4.79 Å². The zero-order valence-electron chi connectivity index (χ0n) is 16.3. The van der Waals surface area contributed by atoms with Crippen LogP contribution in [0.3, 0.4) is 0 Å². The van der Waals surface area contributed by atoms with Gasteiger partial charge >= 0.3 is 0 Å². The highest BCUT2D eigenvalue weighted by molar-refractivity contribution is 5.86. The minimum Gasteiger partial charge on any atom is -0.346 e. The largest absolute Gasteiger partial charge is 0.346 e. The van der Waals surface area contributed by atoms with E-state index in [2.05, 4.69) is 40.1 Å². The highest BCUT2D eigenvalue weighted by Crippen LogP contribution is 2.59. The predicted octanol–water partition coefficient (Wildman–Crippen LogP) is 4.23. The van der Waals surface area contributed by atoms with E-state index in [0.717, 1.165) is 31.3 Å². The number of hydrogen-bond donors (Lipinski definition) is 1. The SMILES string of the molecule is CC(CC(=O)N1C2CC3CC(C#N)(C2)CC31)c1c[nH]c2nccc(C3CC3)c12. The molecule has 144 valence electrons. The van der Waals surface area contributed by atoms with Gasteiger partial charge in [0.25, 0.3) is 0 Å².